The quantitative estimate of drug-likeness (QED) is 0.129. The van der Waals surface area contributed by atoms with Crippen LogP contribution in [-0.2, 0) is 43.5 Å². The van der Waals surface area contributed by atoms with Crippen molar-refractivity contribution in [2.75, 3.05) is 25.5 Å². The number of rotatable bonds is 14. The second kappa shape index (κ2) is 15.5. The van der Waals surface area contributed by atoms with Crippen molar-refractivity contribution in [2.24, 2.45) is 5.73 Å². The summed E-state index contributed by atoms with van der Waals surface area (Å²) in [7, 11) is 1.24. The predicted molar refractivity (Wildman–Crippen MR) is 162 cm³/mol. The molecule has 0 spiro atoms. The first kappa shape index (κ1) is 32.7. The van der Waals surface area contributed by atoms with E-state index in [1.807, 2.05) is 30.3 Å². The SMILES string of the molecule is COC(=O)CC1Nc2ccc(C(=O)N(Cc3ccccc3)Cc3ncc[nH]3)cc2CN(CCCNC(=O)[C@@H](N)CC(=O)O)C1=O. The van der Waals surface area contributed by atoms with Gasteiger partial charge in [0.05, 0.1) is 32.5 Å². The van der Waals surface area contributed by atoms with E-state index in [1.54, 1.807) is 40.4 Å². The molecule has 0 radical (unpaired) electrons. The van der Waals surface area contributed by atoms with Crippen molar-refractivity contribution in [3.05, 3.63) is 83.4 Å². The number of benzene rings is 2. The molecule has 14 heteroatoms. The first-order valence-electron chi connectivity index (χ1n) is 14.5. The number of carbonyl (C=O) groups excluding carboxylic acids is 4. The van der Waals surface area contributed by atoms with Gasteiger partial charge in [-0.2, -0.15) is 0 Å². The number of hydrogen-bond donors (Lipinski definition) is 5. The van der Waals surface area contributed by atoms with Gasteiger partial charge in [0.2, 0.25) is 11.8 Å². The first-order valence-corrected chi connectivity index (χ1v) is 14.5. The van der Waals surface area contributed by atoms with Gasteiger partial charge in [-0.3, -0.25) is 24.0 Å². The lowest BCUT2D eigenvalue weighted by molar-refractivity contribution is -0.144. The van der Waals surface area contributed by atoms with Crippen LogP contribution in [0.3, 0.4) is 0 Å². The van der Waals surface area contributed by atoms with E-state index in [-0.39, 0.29) is 44.4 Å². The number of esters is 1. The van der Waals surface area contributed by atoms with E-state index >= 15 is 0 Å². The van der Waals surface area contributed by atoms with Crippen LogP contribution < -0.4 is 16.4 Å². The van der Waals surface area contributed by atoms with Gasteiger partial charge in [0.1, 0.15) is 11.9 Å². The molecule has 0 saturated heterocycles. The second-order valence-electron chi connectivity index (χ2n) is 10.6. The Kier molecular flexibility index (Phi) is 11.2. The second-order valence-corrected chi connectivity index (χ2v) is 10.6. The van der Waals surface area contributed by atoms with Crippen molar-refractivity contribution in [1.82, 2.24) is 25.1 Å². The first-order chi connectivity index (χ1) is 21.6. The molecule has 0 saturated carbocycles. The molecule has 2 aromatic carbocycles. The number of anilines is 1. The summed E-state index contributed by atoms with van der Waals surface area (Å²) in [5, 5.41) is 14.6. The number of aromatic amines is 1. The van der Waals surface area contributed by atoms with Gasteiger partial charge in [0, 0.05) is 49.8 Å². The van der Waals surface area contributed by atoms with Gasteiger partial charge < -0.3 is 41.0 Å². The average molecular weight is 620 g/mol. The number of nitrogens with zero attached hydrogens (tertiary/aromatic N) is 3. The third kappa shape index (κ3) is 9.13. The number of fused-ring (bicyclic) bond motifs is 1. The standard InChI is InChI=1S/C31H37N7O7/c1-45-28(41)16-25-31(44)37(13-5-10-35-29(42)23(32)15-27(39)40)18-22-14-21(8-9-24(22)36-25)30(43)38(19-26-33-11-12-34-26)17-20-6-3-2-4-7-20/h2-4,6-9,11-12,14,23,25,36H,5,10,13,15-19,32H2,1H3,(H,33,34)(H,35,42)(H,39,40)/t23-,25?/m0/s1. The molecule has 1 aliphatic heterocycles. The normalized spacial score (nSPS) is 14.8. The number of carbonyl (C=O) groups is 5. The highest BCUT2D eigenvalue weighted by Crippen LogP contribution is 2.27. The Hall–Kier alpha value is -5.24. The summed E-state index contributed by atoms with van der Waals surface area (Å²) in [5.41, 5.74) is 8.25. The van der Waals surface area contributed by atoms with Gasteiger partial charge in [-0.15, -0.1) is 0 Å². The van der Waals surface area contributed by atoms with Crippen LogP contribution in [0.4, 0.5) is 5.69 Å². The van der Waals surface area contributed by atoms with Gasteiger partial charge in [-0.25, -0.2) is 4.98 Å². The average Bonchev–Trinajstić information content (AvgIpc) is 3.50. The van der Waals surface area contributed by atoms with Crippen molar-refractivity contribution < 1.29 is 33.8 Å². The maximum atomic E-state index is 13.9. The van der Waals surface area contributed by atoms with Gasteiger partial charge >= 0.3 is 11.9 Å². The molecular formula is C31H37N7O7. The van der Waals surface area contributed by atoms with Crippen LogP contribution in [0, 0.1) is 0 Å². The molecular weight excluding hydrogens is 582 g/mol. The fourth-order valence-corrected chi connectivity index (χ4v) is 4.97. The van der Waals surface area contributed by atoms with E-state index < -0.39 is 36.4 Å². The highest BCUT2D eigenvalue weighted by molar-refractivity contribution is 5.96. The Bertz CT molecular complexity index is 1500. The predicted octanol–water partition coefficient (Wildman–Crippen LogP) is 1.25. The molecule has 2 heterocycles. The molecule has 6 N–H and O–H groups in total. The fourth-order valence-electron chi connectivity index (χ4n) is 4.97. The van der Waals surface area contributed by atoms with E-state index in [0.29, 0.717) is 35.6 Å². The van der Waals surface area contributed by atoms with E-state index in [4.69, 9.17) is 15.6 Å². The lowest BCUT2D eigenvalue weighted by atomic mass is 10.1. The minimum atomic E-state index is -1.19. The molecule has 1 aliphatic rings. The zero-order chi connectivity index (χ0) is 32.3. The van der Waals surface area contributed by atoms with Crippen LogP contribution in [0.25, 0.3) is 0 Å². The molecule has 0 fully saturated rings. The number of hydrogen-bond acceptors (Lipinski definition) is 9. The molecule has 1 unspecified atom stereocenters. The number of carboxylic acid groups (broad SMARTS) is 1. The van der Waals surface area contributed by atoms with E-state index in [9.17, 15) is 24.0 Å². The van der Waals surface area contributed by atoms with Gasteiger partial charge in [-0.1, -0.05) is 30.3 Å². The maximum Gasteiger partial charge on any atom is 0.308 e. The summed E-state index contributed by atoms with van der Waals surface area (Å²) < 4.78 is 4.80. The van der Waals surface area contributed by atoms with Gasteiger partial charge in [0.25, 0.3) is 5.91 Å². The Balaban J connectivity index is 1.53. The molecule has 0 bridgehead atoms. The number of ether oxygens (including phenoxy) is 1. The molecule has 0 aliphatic carbocycles. The molecule has 2 atom stereocenters. The third-order valence-electron chi connectivity index (χ3n) is 7.29. The largest absolute Gasteiger partial charge is 0.481 e. The van der Waals surface area contributed by atoms with Crippen molar-refractivity contribution in [2.45, 2.75) is 51.0 Å². The molecule has 4 rings (SSSR count). The van der Waals surface area contributed by atoms with Crippen LogP contribution in [0.5, 0.6) is 0 Å². The van der Waals surface area contributed by atoms with Crippen LogP contribution >= 0.6 is 0 Å². The Morgan fingerprint density at radius 2 is 1.96 bits per heavy atom. The summed E-state index contributed by atoms with van der Waals surface area (Å²) in [6, 6.07) is 12.6. The molecule has 14 nitrogen and oxygen atoms in total. The molecule has 3 amide bonds. The van der Waals surface area contributed by atoms with Crippen LogP contribution in [-0.4, -0.2) is 86.8 Å². The summed E-state index contributed by atoms with van der Waals surface area (Å²) in [6.45, 7) is 1.11. The van der Waals surface area contributed by atoms with Crippen molar-refractivity contribution in [1.29, 1.82) is 0 Å². The number of imidazole rings is 1. The Morgan fingerprint density at radius 3 is 2.64 bits per heavy atom. The number of aromatic nitrogens is 2. The van der Waals surface area contributed by atoms with Gasteiger partial charge in [-0.05, 0) is 35.7 Å². The van der Waals surface area contributed by atoms with Crippen molar-refractivity contribution in [3.63, 3.8) is 0 Å². The summed E-state index contributed by atoms with van der Waals surface area (Å²) in [4.78, 5) is 73.0. The molecule has 3 aromatic rings. The number of methoxy groups -OCH3 is 1. The van der Waals surface area contributed by atoms with E-state index in [1.165, 1.54) is 7.11 Å². The maximum absolute atomic E-state index is 13.9. The number of carboxylic acids is 1. The minimum absolute atomic E-state index is 0.142. The van der Waals surface area contributed by atoms with Crippen LogP contribution in [0.15, 0.2) is 60.9 Å². The van der Waals surface area contributed by atoms with Crippen LogP contribution in [0.1, 0.15) is 46.6 Å². The van der Waals surface area contributed by atoms with Crippen molar-refractivity contribution >= 4 is 35.3 Å². The number of H-pyrrole nitrogens is 1. The van der Waals surface area contributed by atoms with Gasteiger partial charge in [0.15, 0.2) is 0 Å². The Morgan fingerprint density at radius 1 is 1.18 bits per heavy atom. The number of nitrogens with two attached hydrogens (primary N) is 1. The number of aliphatic carboxylic acids is 1. The van der Waals surface area contributed by atoms with E-state index in [2.05, 4.69) is 20.6 Å². The highest BCUT2D eigenvalue weighted by atomic mass is 16.5. The lowest BCUT2D eigenvalue weighted by Crippen LogP contribution is -2.44. The Labute approximate surface area is 259 Å². The topological polar surface area (TPSA) is 200 Å². The number of nitrogens with one attached hydrogen (secondary N) is 3. The zero-order valence-electron chi connectivity index (χ0n) is 24.9. The van der Waals surface area contributed by atoms with Crippen LogP contribution in [0.2, 0.25) is 0 Å². The van der Waals surface area contributed by atoms with Crippen molar-refractivity contribution in [3.8, 4) is 0 Å². The zero-order valence-corrected chi connectivity index (χ0v) is 24.9. The third-order valence-corrected chi connectivity index (χ3v) is 7.29. The lowest BCUT2D eigenvalue weighted by Gasteiger charge is -2.24. The molecule has 45 heavy (non-hydrogen) atoms. The van der Waals surface area contributed by atoms with E-state index in [0.717, 1.165) is 5.56 Å². The molecule has 1 aromatic heterocycles. The fraction of sp³-hybridized carbons (Fsp3) is 0.355. The number of amides is 3. The smallest absolute Gasteiger partial charge is 0.308 e. The monoisotopic (exact) mass is 619 g/mol. The summed E-state index contributed by atoms with van der Waals surface area (Å²) in [6.07, 6.45) is 2.95. The summed E-state index contributed by atoms with van der Waals surface area (Å²) >= 11 is 0. The highest BCUT2D eigenvalue weighted by Gasteiger charge is 2.32. The summed E-state index contributed by atoms with van der Waals surface area (Å²) in [5.74, 6) is -2.29. The minimum Gasteiger partial charge on any atom is -0.481 e. The molecule has 238 valence electrons.